The molecule has 0 aliphatic heterocycles. The Labute approximate surface area is 151 Å². The Morgan fingerprint density at radius 2 is 2.00 bits per heavy atom. The first-order chi connectivity index (χ1) is 11.9. The Morgan fingerprint density at radius 3 is 2.72 bits per heavy atom. The Balaban J connectivity index is 1.84. The van der Waals surface area contributed by atoms with Crippen molar-refractivity contribution in [2.24, 2.45) is 22.7 Å². The molecular weight excluding hydrogens is 312 g/mol. The summed E-state index contributed by atoms with van der Waals surface area (Å²) in [6.45, 7) is 6.68. The lowest BCUT2D eigenvalue weighted by atomic mass is 9.39. The lowest BCUT2D eigenvalue weighted by molar-refractivity contribution is -0.154. The van der Waals surface area contributed by atoms with E-state index >= 15 is 0 Å². The van der Waals surface area contributed by atoms with Crippen molar-refractivity contribution < 1.29 is 14.3 Å². The minimum atomic E-state index is -0.0360. The molecule has 0 unspecified atom stereocenters. The molecule has 1 aromatic rings. The number of fused-ring (bicyclic) bond motifs is 5. The van der Waals surface area contributed by atoms with Gasteiger partial charge in [0.25, 0.3) is 0 Å². The molecular formula is C22H32O3. The van der Waals surface area contributed by atoms with Crippen LogP contribution in [0.2, 0.25) is 0 Å². The second-order valence-corrected chi connectivity index (χ2v) is 9.69. The third kappa shape index (κ3) is 2.31. The number of aryl methyl sites for hydroxylation is 1. The first kappa shape index (κ1) is 17.3. The van der Waals surface area contributed by atoms with Gasteiger partial charge in [0.2, 0.25) is 0 Å². The molecule has 2 fully saturated rings. The third-order valence-electron chi connectivity index (χ3n) is 8.34. The molecule has 0 amide bonds. The summed E-state index contributed by atoms with van der Waals surface area (Å²) < 4.78 is 5.59. The largest absolute Gasteiger partial charge is 0.472 e. The van der Waals surface area contributed by atoms with Crippen molar-refractivity contribution >= 4 is 5.78 Å². The van der Waals surface area contributed by atoms with E-state index in [-0.39, 0.29) is 22.9 Å². The van der Waals surface area contributed by atoms with E-state index in [0.29, 0.717) is 24.0 Å². The molecule has 0 aromatic carbocycles. The number of carbonyl (C=O) groups excluding carboxylic acids is 1. The van der Waals surface area contributed by atoms with Crippen molar-refractivity contribution in [2.45, 2.75) is 77.6 Å². The molecule has 0 saturated heterocycles. The maximum atomic E-state index is 12.4. The molecule has 3 aliphatic rings. The number of carbonyl (C=O) groups is 1. The fourth-order valence-corrected chi connectivity index (χ4v) is 7.40. The van der Waals surface area contributed by atoms with E-state index < -0.39 is 0 Å². The first-order valence-electron chi connectivity index (χ1n) is 10.0. The van der Waals surface area contributed by atoms with E-state index in [1.54, 1.807) is 6.92 Å². The minimum Gasteiger partial charge on any atom is -0.472 e. The predicted octanol–water partition coefficient (Wildman–Crippen LogP) is 4.66. The highest BCUT2D eigenvalue weighted by Crippen LogP contribution is 2.68. The van der Waals surface area contributed by atoms with Gasteiger partial charge in [-0.25, -0.2) is 0 Å². The van der Waals surface area contributed by atoms with Gasteiger partial charge in [-0.1, -0.05) is 20.3 Å². The molecule has 0 spiro atoms. The van der Waals surface area contributed by atoms with Crippen molar-refractivity contribution in [3.63, 3.8) is 0 Å². The van der Waals surface area contributed by atoms with Crippen LogP contribution >= 0.6 is 0 Å². The lowest BCUT2D eigenvalue weighted by Crippen LogP contribution is -2.60. The van der Waals surface area contributed by atoms with E-state index in [2.05, 4.69) is 13.8 Å². The molecule has 0 bridgehead atoms. The summed E-state index contributed by atoms with van der Waals surface area (Å²) >= 11 is 0. The summed E-state index contributed by atoms with van der Waals surface area (Å²) in [7, 11) is 0. The maximum Gasteiger partial charge on any atom is 0.130 e. The second kappa shape index (κ2) is 5.70. The average Bonchev–Trinajstić information content (AvgIpc) is 3.04. The topological polar surface area (TPSA) is 50.4 Å². The van der Waals surface area contributed by atoms with Crippen LogP contribution in [0.3, 0.4) is 0 Å². The van der Waals surface area contributed by atoms with Crippen molar-refractivity contribution in [2.75, 3.05) is 6.61 Å². The second-order valence-electron chi connectivity index (χ2n) is 9.69. The molecule has 0 radical (unpaired) electrons. The number of aliphatic hydroxyl groups excluding tert-OH is 1. The van der Waals surface area contributed by atoms with Gasteiger partial charge in [-0.15, -0.1) is 0 Å². The van der Waals surface area contributed by atoms with E-state index in [9.17, 15) is 9.90 Å². The van der Waals surface area contributed by atoms with Gasteiger partial charge in [0, 0.05) is 13.0 Å². The van der Waals surface area contributed by atoms with Crippen LogP contribution in [0, 0.1) is 22.7 Å². The maximum absolute atomic E-state index is 12.4. The van der Waals surface area contributed by atoms with Crippen molar-refractivity contribution in [3.05, 3.63) is 23.7 Å². The van der Waals surface area contributed by atoms with Gasteiger partial charge in [0.15, 0.2) is 0 Å². The molecule has 138 valence electrons. The summed E-state index contributed by atoms with van der Waals surface area (Å²) in [6.07, 6.45) is 12.4. The zero-order valence-corrected chi connectivity index (χ0v) is 15.9. The monoisotopic (exact) mass is 344 g/mol. The van der Waals surface area contributed by atoms with Crippen molar-refractivity contribution in [1.82, 2.24) is 0 Å². The van der Waals surface area contributed by atoms with Crippen molar-refractivity contribution in [1.29, 1.82) is 0 Å². The van der Waals surface area contributed by atoms with Crippen LogP contribution in [0.25, 0.3) is 0 Å². The lowest BCUT2D eigenvalue weighted by Gasteiger charge is -2.65. The average molecular weight is 344 g/mol. The molecule has 25 heavy (non-hydrogen) atoms. The summed E-state index contributed by atoms with van der Waals surface area (Å²) in [5, 5.41) is 10.2. The Morgan fingerprint density at radius 1 is 1.20 bits per heavy atom. The number of hydrogen-bond donors (Lipinski definition) is 1. The van der Waals surface area contributed by atoms with Gasteiger partial charge in [-0.2, -0.15) is 0 Å². The fourth-order valence-electron chi connectivity index (χ4n) is 7.40. The quantitative estimate of drug-likeness (QED) is 0.868. The Kier molecular flexibility index (Phi) is 3.95. The van der Waals surface area contributed by atoms with Crippen LogP contribution in [0.1, 0.15) is 76.8 Å². The predicted molar refractivity (Wildman–Crippen MR) is 97.4 cm³/mol. The number of furan rings is 1. The number of rotatable bonds is 3. The third-order valence-corrected chi connectivity index (χ3v) is 8.34. The molecule has 3 nitrogen and oxygen atoms in total. The molecule has 5 atom stereocenters. The SMILES string of the molecule is CC(=O)C[C@]12CCC[C@](C)(CO)[C@@H]1CC[C@@]1(C)c3cocc3CC[C@H]21. The number of aliphatic hydroxyl groups is 1. The van der Waals surface area contributed by atoms with Gasteiger partial charge in [-0.3, -0.25) is 0 Å². The number of ketones is 1. The smallest absolute Gasteiger partial charge is 0.130 e. The van der Waals surface area contributed by atoms with E-state index in [1.807, 2.05) is 12.5 Å². The van der Waals surface area contributed by atoms with Gasteiger partial charge < -0.3 is 14.3 Å². The summed E-state index contributed by atoms with van der Waals surface area (Å²) in [6, 6.07) is 0. The fraction of sp³-hybridized carbons (Fsp3) is 0.773. The Hall–Kier alpha value is -1.09. The first-order valence-corrected chi connectivity index (χ1v) is 10.0. The molecule has 1 N–H and O–H groups in total. The van der Waals surface area contributed by atoms with E-state index in [4.69, 9.17) is 4.42 Å². The van der Waals surface area contributed by atoms with Crippen LogP contribution in [-0.2, 0) is 16.6 Å². The van der Waals surface area contributed by atoms with Gasteiger partial charge in [0.05, 0.1) is 12.5 Å². The van der Waals surface area contributed by atoms with E-state index in [0.717, 1.165) is 44.9 Å². The van der Waals surface area contributed by atoms with Crippen LogP contribution in [0.5, 0.6) is 0 Å². The van der Waals surface area contributed by atoms with Crippen LogP contribution in [-0.4, -0.2) is 17.5 Å². The van der Waals surface area contributed by atoms with Gasteiger partial charge >= 0.3 is 0 Å². The van der Waals surface area contributed by atoms with Crippen LogP contribution in [0.15, 0.2) is 16.9 Å². The van der Waals surface area contributed by atoms with Crippen molar-refractivity contribution in [3.8, 4) is 0 Å². The summed E-state index contributed by atoms with van der Waals surface area (Å²) in [5.74, 6) is 1.28. The van der Waals surface area contributed by atoms with Gasteiger partial charge in [0.1, 0.15) is 5.78 Å². The molecule has 3 heteroatoms. The zero-order chi connectivity index (χ0) is 17.9. The Bertz CT molecular complexity index is 677. The standard InChI is InChI=1S/C22H32O3/c1-15(24)11-22-9-4-8-20(2,14-23)18(22)7-10-21(3)17-13-25-12-16(17)5-6-19(21)22/h12-13,18-19,23H,4-11,14H2,1-3H3/t18-,19-,20+,21-,22+/m0/s1. The zero-order valence-electron chi connectivity index (χ0n) is 15.9. The number of Topliss-reactive ketones (excluding diaryl/α,β-unsaturated/α-hetero) is 1. The molecule has 3 aliphatic carbocycles. The van der Waals surface area contributed by atoms with Crippen LogP contribution in [0.4, 0.5) is 0 Å². The molecule has 1 heterocycles. The molecule has 2 saturated carbocycles. The summed E-state index contributed by atoms with van der Waals surface area (Å²) in [5.41, 5.74) is 2.88. The summed E-state index contributed by atoms with van der Waals surface area (Å²) in [4.78, 5) is 12.4. The normalized spacial score (nSPS) is 43.0. The highest BCUT2D eigenvalue weighted by Gasteiger charge is 2.62. The molecule has 4 rings (SSSR count). The minimum absolute atomic E-state index is 0.0360. The highest BCUT2D eigenvalue weighted by molar-refractivity contribution is 5.76. The highest BCUT2D eigenvalue weighted by atomic mass is 16.3. The van der Waals surface area contributed by atoms with E-state index in [1.165, 1.54) is 11.1 Å². The van der Waals surface area contributed by atoms with Gasteiger partial charge in [-0.05, 0) is 84.7 Å². The number of hydrogen-bond acceptors (Lipinski definition) is 3. The van der Waals surface area contributed by atoms with Crippen LogP contribution < -0.4 is 0 Å². The molecule has 1 aromatic heterocycles.